The van der Waals surface area contributed by atoms with Crippen LogP contribution in [0.3, 0.4) is 0 Å². The van der Waals surface area contributed by atoms with E-state index in [9.17, 15) is 13.2 Å². The van der Waals surface area contributed by atoms with Crippen LogP contribution in [0.1, 0.15) is 19.3 Å². The fourth-order valence-electron chi connectivity index (χ4n) is 2.73. The van der Waals surface area contributed by atoms with Crippen molar-refractivity contribution in [1.82, 2.24) is 0 Å². The highest BCUT2D eigenvalue weighted by atomic mass is 19.3. The predicted molar refractivity (Wildman–Crippen MR) is 71.9 cm³/mol. The van der Waals surface area contributed by atoms with E-state index in [0.29, 0.717) is 18.2 Å². The number of nitrogen functional groups attached to an aromatic ring is 1. The first-order chi connectivity index (χ1) is 10.0. The number of anilines is 2. The summed E-state index contributed by atoms with van der Waals surface area (Å²) in [6.07, 6.45) is 3.19. The maximum absolute atomic E-state index is 13.5. The molecule has 7 heteroatoms. The molecule has 0 amide bonds. The largest absolute Gasteiger partial charge is 0.432 e. The zero-order valence-corrected chi connectivity index (χ0v) is 11.3. The summed E-state index contributed by atoms with van der Waals surface area (Å²) in [5.41, 5.74) is 6.31. The van der Waals surface area contributed by atoms with Crippen molar-refractivity contribution >= 4 is 11.4 Å². The van der Waals surface area contributed by atoms with Crippen LogP contribution in [0.15, 0.2) is 12.1 Å². The molecule has 0 bridgehead atoms. The molecule has 4 nitrogen and oxygen atoms in total. The fourth-order valence-corrected chi connectivity index (χ4v) is 2.73. The number of halogens is 3. The third-order valence-electron chi connectivity index (χ3n) is 3.88. The summed E-state index contributed by atoms with van der Waals surface area (Å²) in [5.74, 6) is -0.869. The Morgan fingerprint density at radius 3 is 2.71 bits per heavy atom. The summed E-state index contributed by atoms with van der Waals surface area (Å²) < 4.78 is 47.9. The molecule has 1 saturated heterocycles. The summed E-state index contributed by atoms with van der Waals surface area (Å²) in [5, 5.41) is 3.18. The molecule has 2 fully saturated rings. The number of hydrogen-bond donors (Lipinski definition) is 2. The smallest absolute Gasteiger partial charge is 0.387 e. The molecular formula is C14H17F3N2O2. The molecule has 1 saturated carbocycles. The number of ether oxygens (including phenoxy) is 2. The molecule has 2 atom stereocenters. The lowest BCUT2D eigenvalue weighted by Gasteiger charge is -2.22. The summed E-state index contributed by atoms with van der Waals surface area (Å²) in [4.78, 5) is 0. The third-order valence-corrected chi connectivity index (χ3v) is 3.88. The van der Waals surface area contributed by atoms with Gasteiger partial charge in [-0.1, -0.05) is 0 Å². The van der Waals surface area contributed by atoms with Crippen molar-refractivity contribution in [3.8, 4) is 5.75 Å². The van der Waals surface area contributed by atoms with Gasteiger partial charge in [0.05, 0.1) is 23.5 Å². The molecule has 0 aromatic heterocycles. The van der Waals surface area contributed by atoms with Crippen LogP contribution in [0.5, 0.6) is 5.75 Å². The molecule has 3 rings (SSSR count). The Kier molecular flexibility index (Phi) is 3.84. The summed E-state index contributed by atoms with van der Waals surface area (Å²) in [7, 11) is 0. The molecule has 1 aromatic rings. The number of nitrogens with two attached hydrogens (primary N) is 1. The molecule has 1 aliphatic carbocycles. The maximum Gasteiger partial charge on any atom is 0.387 e. The number of rotatable bonds is 5. The van der Waals surface area contributed by atoms with E-state index in [1.165, 1.54) is 6.07 Å². The predicted octanol–water partition coefficient (Wildman–Crippen LogP) is 2.99. The highest BCUT2D eigenvalue weighted by molar-refractivity contribution is 5.69. The van der Waals surface area contributed by atoms with Crippen molar-refractivity contribution < 1.29 is 22.6 Å². The van der Waals surface area contributed by atoms with Crippen molar-refractivity contribution in [2.75, 3.05) is 17.7 Å². The average Bonchev–Trinajstić information content (AvgIpc) is 3.15. The molecule has 0 radical (unpaired) electrons. The second kappa shape index (κ2) is 5.63. The third kappa shape index (κ3) is 3.18. The lowest BCUT2D eigenvalue weighted by Crippen LogP contribution is -2.31. The van der Waals surface area contributed by atoms with Gasteiger partial charge in [0.15, 0.2) is 11.6 Å². The van der Waals surface area contributed by atoms with Gasteiger partial charge in [-0.25, -0.2) is 4.39 Å². The van der Waals surface area contributed by atoms with E-state index in [1.54, 1.807) is 0 Å². The summed E-state index contributed by atoms with van der Waals surface area (Å²) in [6.45, 7) is -2.43. The standard InChI is InChI=1S/C14H17F3N2O2/c15-8-5-9(18)11(6-12(8)21-14(16)17)19-10-3-4-20-13(10)7-1-2-7/h5-7,10,13-14,19H,1-4,18H2. The van der Waals surface area contributed by atoms with E-state index >= 15 is 0 Å². The zero-order chi connectivity index (χ0) is 15.0. The average molecular weight is 302 g/mol. The molecule has 3 N–H and O–H groups in total. The monoisotopic (exact) mass is 302 g/mol. The quantitative estimate of drug-likeness (QED) is 0.821. The van der Waals surface area contributed by atoms with Crippen molar-refractivity contribution in [1.29, 1.82) is 0 Å². The highest BCUT2D eigenvalue weighted by Gasteiger charge is 2.40. The van der Waals surface area contributed by atoms with Crippen molar-refractivity contribution in [3.05, 3.63) is 17.9 Å². The Hall–Kier alpha value is -1.63. The minimum Gasteiger partial charge on any atom is -0.432 e. The highest BCUT2D eigenvalue weighted by Crippen LogP contribution is 2.40. The van der Waals surface area contributed by atoms with Crippen LogP contribution in [0.25, 0.3) is 0 Å². The van der Waals surface area contributed by atoms with Crippen LogP contribution in [-0.2, 0) is 4.74 Å². The van der Waals surface area contributed by atoms with Gasteiger partial charge < -0.3 is 20.5 Å². The first kappa shape index (κ1) is 14.3. The summed E-state index contributed by atoms with van der Waals surface area (Å²) in [6, 6.07) is 2.23. The molecule has 1 heterocycles. The maximum atomic E-state index is 13.5. The van der Waals surface area contributed by atoms with E-state index < -0.39 is 18.2 Å². The van der Waals surface area contributed by atoms with Crippen LogP contribution < -0.4 is 15.8 Å². The van der Waals surface area contributed by atoms with Gasteiger partial charge in [0.2, 0.25) is 0 Å². The van der Waals surface area contributed by atoms with Gasteiger partial charge in [0.25, 0.3) is 0 Å². The Balaban J connectivity index is 1.77. The van der Waals surface area contributed by atoms with E-state index in [4.69, 9.17) is 10.5 Å². The molecular weight excluding hydrogens is 285 g/mol. The Morgan fingerprint density at radius 1 is 1.29 bits per heavy atom. The Morgan fingerprint density at radius 2 is 2.05 bits per heavy atom. The SMILES string of the molecule is Nc1cc(F)c(OC(F)F)cc1NC1CCOC1C1CC1. The molecule has 116 valence electrons. The van der Waals surface area contributed by atoms with E-state index in [-0.39, 0.29) is 17.8 Å². The Labute approximate surface area is 120 Å². The van der Waals surface area contributed by atoms with Crippen LogP contribution in [0.4, 0.5) is 24.5 Å². The lowest BCUT2D eigenvalue weighted by atomic mass is 10.1. The molecule has 1 aromatic carbocycles. The molecule has 2 aliphatic rings. The van der Waals surface area contributed by atoms with Crippen LogP contribution >= 0.6 is 0 Å². The molecule has 2 unspecified atom stereocenters. The second-order valence-electron chi connectivity index (χ2n) is 5.46. The second-order valence-corrected chi connectivity index (χ2v) is 5.46. The van der Waals surface area contributed by atoms with Gasteiger partial charge in [-0.2, -0.15) is 8.78 Å². The minimum atomic E-state index is -3.08. The molecule has 0 spiro atoms. The van der Waals surface area contributed by atoms with Crippen molar-refractivity contribution in [2.24, 2.45) is 5.92 Å². The van der Waals surface area contributed by atoms with Crippen LogP contribution in [0, 0.1) is 11.7 Å². The number of alkyl halides is 2. The van der Waals surface area contributed by atoms with Gasteiger partial charge in [-0.3, -0.25) is 0 Å². The van der Waals surface area contributed by atoms with Crippen LogP contribution in [-0.4, -0.2) is 25.4 Å². The van der Waals surface area contributed by atoms with Crippen molar-refractivity contribution in [2.45, 2.75) is 38.0 Å². The van der Waals surface area contributed by atoms with E-state index in [1.807, 2.05) is 0 Å². The number of hydrogen-bond acceptors (Lipinski definition) is 4. The van der Waals surface area contributed by atoms with Gasteiger partial charge >= 0.3 is 6.61 Å². The van der Waals surface area contributed by atoms with Crippen LogP contribution in [0.2, 0.25) is 0 Å². The fraction of sp³-hybridized carbons (Fsp3) is 0.571. The number of nitrogens with one attached hydrogen (secondary N) is 1. The minimum absolute atomic E-state index is 0.0599. The summed E-state index contributed by atoms with van der Waals surface area (Å²) >= 11 is 0. The van der Waals surface area contributed by atoms with Gasteiger partial charge in [0, 0.05) is 18.7 Å². The van der Waals surface area contributed by atoms with Gasteiger partial charge in [-0.05, 0) is 25.2 Å². The lowest BCUT2D eigenvalue weighted by molar-refractivity contribution is -0.0521. The first-order valence-corrected chi connectivity index (χ1v) is 6.96. The normalized spacial score (nSPS) is 25.3. The topological polar surface area (TPSA) is 56.5 Å². The van der Waals surface area contributed by atoms with Crippen molar-refractivity contribution in [3.63, 3.8) is 0 Å². The van der Waals surface area contributed by atoms with Gasteiger partial charge in [-0.15, -0.1) is 0 Å². The number of benzene rings is 1. The molecule has 21 heavy (non-hydrogen) atoms. The van der Waals surface area contributed by atoms with E-state index in [2.05, 4.69) is 10.1 Å². The zero-order valence-electron chi connectivity index (χ0n) is 11.3. The van der Waals surface area contributed by atoms with Gasteiger partial charge in [0.1, 0.15) is 0 Å². The molecule has 1 aliphatic heterocycles. The Bertz CT molecular complexity index is 523. The van der Waals surface area contributed by atoms with E-state index in [0.717, 1.165) is 25.3 Å². The first-order valence-electron chi connectivity index (χ1n) is 6.96.